The summed E-state index contributed by atoms with van der Waals surface area (Å²) < 4.78 is 0. The minimum atomic E-state index is -0.985. The maximum atomic E-state index is 13.7. The Balaban J connectivity index is 1.41. The Kier molecular flexibility index (Phi) is 13.6. The molecule has 0 aliphatic carbocycles. The molecule has 1 heterocycles. The summed E-state index contributed by atoms with van der Waals surface area (Å²) in [7, 11) is 0. The van der Waals surface area contributed by atoms with Gasteiger partial charge in [-0.1, -0.05) is 84.9 Å². The number of rotatable bonds is 18. The molecule has 0 aliphatic heterocycles. The lowest BCUT2D eigenvalue weighted by Gasteiger charge is -2.23. The van der Waals surface area contributed by atoms with Crippen LogP contribution in [-0.2, 0) is 45.3 Å². The SMILES string of the molecule is N=C(N)c1ccc(CNC(=O)[C@H](CCC(=O)NCc2ccccc2)NC(=O)[C@@H](CCc2ccncc2)NOCc2ccccc2)cc1. The van der Waals surface area contributed by atoms with Crippen molar-refractivity contribution < 1.29 is 19.2 Å². The third-order valence-electron chi connectivity index (χ3n) is 7.45. The standard InChI is InChI=1S/C36H41N7O4/c37-34(38)30-14-11-28(12-15-30)24-41-35(45)31(17-18-33(44)40-23-27-7-3-1-4-8-27)42-36(46)32(16-13-26-19-21-39-22-20-26)43-47-25-29-9-5-2-6-10-29/h1-12,14-15,19-22,31-32,43H,13,16-18,23-25H2,(H3,37,38)(H,40,44)(H,41,45)(H,42,46)/t31-,32+/m0/s1. The van der Waals surface area contributed by atoms with E-state index in [0.717, 1.165) is 22.3 Å². The molecule has 0 aliphatic rings. The van der Waals surface area contributed by atoms with Crippen molar-refractivity contribution in [1.82, 2.24) is 26.4 Å². The maximum Gasteiger partial charge on any atom is 0.242 e. The van der Waals surface area contributed by atoms with Crippen molar-refractivity contribution in [2.75, 3.05) is 0 Å². The van der Waals surface area contributed by atoms with E-state index in [9.17, 15) is 14.4 Å². The molecule has 0 saturated carbocycles. The van der Waals surface area contributed by atoms with Gasteiger partial charge in [0.2, 0.25) is 17.7 Å². The van der Waals surface area contributed by atoms with Crippen molar-refractivity contribution in [2.24, 2.45) is 5.73 Å². The Morgan fingerprint density at radius 1 is 0.702 bits per heavy atom. The van der Waals surface area contributed by atoms with E-state index in [1.54, 1.807) is 36.7 Å². The molecule has 0 unspecified atom stereocenters. The molecule has 2 atom stereocenters. The van der Waals surface area contributed by atoms with Gasteiger partial charge in [0, 0.05) is 37.5 Å². The number of amidine groups is 1. The Morgan fingerprint density at radius 2 is 1.32 bits per heavy atom. The topological polar surface area (TPSA) is 171 Å². The number of hydroxylamine groups is 1. The predicted molar refractivity (Wildman–Crippen MR) is 179 cm³/mol. The molecular formula is C36H41N7O4. The fraction of sp³-hybridized carbons (Fsp3) is 0.250. The zero-order valence-corrected chi connectivity index (χ0v) is 26.2. The number of nitrogens with zero attached hydrogens (tertiary/aromatic N) is 1. The van der Waals surface area contributed by atoms with Crippen LogP contribution in [-0.4, -0.2) is 40.6 Å². The van der Waals surface area contributed by atoms with Crippen LogP contribution in [0.1, 0.15) is 47.1 Å². The summed E-state index contributed by atoms with van der Waals surface area (Å²) in [6.07, 6.45) is 4.46. The van der Waals surface area contributed by atoms with Gasteiger partial charge < -0.3 is 21.7 Å². The first-order valence-corrected chi connectivity index (χ1v) is 15.5. The molecule has 3 aromatic carbocycles. The molecule has 0 radical (unpaired) electrons. The number of pyridine rings is 1. The number of aromatic nitrogens is 1. The molecule has 7 N–H and O–H groups in total. The molecule has 47 heavy (non-hydrogen) atoms. The highest BCUT2D eigenvalue weighted by Crippen LogP contribution is 2.09. The highest BCUT2D eigenvalue weighted by atomic mass is 16.6. The van der Waals surface area contributed by atoms with Gasteiger partial charge in [-0.15, -0.1) is 0 Å². The third kappa shape index (κ3) is 12.1. The molecule has 0 bridgehead atoms. The first kappa shape index (κ1) is 34.5. The van der Waals surface area contributed by atoms with Crippen LogP contribution in [0.15, 0.2) is 109 Å². The third-order valence-corrected chi connectivity index (χ3v) is 7.45. The molecule has 3 amide bonds. The van der Waals surface area contributed by atoms with Crippen molar-refractivity contribution in [3.63, 3.8) is 0 Å². The van der Waals surface area contributed by atoms with E-state index >= 15 is 0 Å². The Hall–Kier alpha value is -5.39. The Bertz CT molecular complexity index is 1570. The van der Waals surface area contributed by atoms with Gasteiger partial charge in [-0.2, -0.15) is 5.48 Å². The van der Waals surface area contributed by atoms with E-state index in [1.165, 1.54) is 0 Å². The minimum absolute atomic E-state index is 0.0259. The van der Waals surface area contributed by atoms with Crippen LogP contribution < -0.4 is 27.2 Å². The van der Waals surface area contributed by atoms with E-state index in [2.05, 4.69) is 26.4 Å². The van der Waals surface area contributed by atoms with E-state index in [-0.39, 0.29) is 37.7 Å². The molecule has 11 heteroatoms. The average molecular weight is 636 g/mol. The summed E-state index contributed by atoms with van der Waals surface area (Å²) >= 11 is 0. The number of nitrogen functional groups attached to an aromatic ring is 1. The number of carbonyl (C=O) groups is 3. The van der Waals surface area contributed by atoms with Gasteiger partial charge in [-0.05, 0) is 53.6 Å². The van der Waals surface area contributed by atoms with E-state index in [1.807, 2.05) is 72.8 Å². The van der Waals surface area contributed by atoms with Crippen LogP contribution in [0.25, 0.3) is 0 Å². The van der Waals surface area contributed by atoms with Crippen LogP contribution in [0.2, 0.25) is 0 Å². The van der Waals surface area contributed by atoms with Crippen molar-refractivity contribution in [2.45, 2.75) is 57.5 Å². The maximum absolute atomic E-state index is 13.7. The summed E-state index contributed by atoms with van der Waals surface area (Å²) in [6, 6.07) is 28.0. The zero-order chi connectivity index (χ0) is 33.3. The second kappa shape index (κ2) is 18.5. The predicted octanol–water partition coefficient (Wildman–Crippen LogP) is 3.29. The number of benzene rings is 3. The molecule has 0 spiro atoms. The average Bonchev–Trinajstić information content (AvgIpc) is 3.11. The van der Waals surface area contributed by atoms with E-state index in [0.29, 0.717) is 24.9 Å². The van der Waals surface area contributed by atoms with Crippen molar-refractivity contribution in [1.29, 1.82) is 5.41 Å². The Morgan fingerprint density at radius 3 is 1.98 bits per heavy atom. The molecule has 244 valence electrons. The number of nitrogens with two attached hydrogens (primary N) is 1. The first-order valence-electron chi connectivity index (χ1n) is 15.5. The minimum Gasteiger partial charge on any atom is -0.384 e. The van der Waals surface area contributed by atoms with E-state index in [4.69, 9.17) is 16.0 Å². The number of carbonyl (C=O) groups excluding carboxylic acids is 3. The van der Waals surface area contributed by atoms with Crippen molar-refractivity contribution >= 4 is 23.6 Å². The van der Waals surface area contributed by atoms with Crippen molar-refractivity contribution in [3.8, 4) is 0 Å². The normalized spacial score (nSPS) is 12.0. The lowest BCUT2D eigenvalue weighted by Crippen LogP contribution is -2.53. The lowest BCUT2D eigenvalue weighted by atomic mass is 10.0. The summed E-state index contributed by atoms with van der Waals surface area (Å²) in [5.74, 6) is -1.14. The zero-order valence-electron chi connectivity index (χ0n) is 26.2. The van der Waals surface area contributed by atoms with Gasteiger partial charge in [0.25, 0.3) is 0 Å². The molecular weight excluding hydrogens is 594 g/mol. The van der Waals surface area contributed by atoms with Crippen LogP contribution in [0.3, 0.4) is 0 Å². The van der Waals surface area contributed by atoms with Gasteiger partial charge in [-0.25, -0.2) is 0 Å². The van der Waals surface area contributed by atoms with Crippen LogP contribution in [0.4, 0.5) is 0 Å². The fourth-order valence-corrected chi connectivity index (χ4v) is 4.72. The first-order chi connectivity index (χ1) is 22.9. The number of nitrogens with one attached hydrogen (secondary N) is 5. The molecule has 0 fully saturated rings. The summed E-state index contributed by atoms with van der Waals surface area (Å²) in [4.78, 5) is 49.6. The summed E-state index contributed by atoms with van der Waals surface area (Å²) in [6.45, 7) is 0.792. The van der Waals surface area contributed by atoms with Crippen LogP contribution >= 0.6 is 0 Å². The largest absolute Gasteiger partial charge is 0.384 e. The molecule has 4 rings (SSSR count). The molecule has 11 nitrogen and oxygen atoms in total. The second-order valence-corrected chi connectivity index (χ2v) is 11.0. The molecule has 4 aromatic rings. The van der Waals surface area contributed by atoms with Gasteiger partial charge in [0.05, 0.1) is 6.61 Å². The van der Waals surface area contributed by atoms with Gasteiger partial charge in [0.15, 0.2) is 0 Å². The number of hydrogen-bond donors (Lipinski definition) is 6. The second-order valence-electron chi connectivity index (χ2n) is 11.0. The highest BCUT2D eigenvalue weighted by Gasteiger charge is 2.26. The van der Waals surface area contributed by atoms with Crippen LogP contribution in [0.5, 0.6) is 0 Å². The quantitative estimate of drug-likeness (QED) is 0.0553. The lowest BCUT2D eigenvalue weighted by molar-refractivity contribution is -0.134. The van der Waals surface area contributed by atoms with Gasteiger partial charge >= 0.3 is 0 Å². The molecule has 0 saturated heterocycles. The van der Waals surface area contributed by atoms with Gasteiger partial charge in [0.1, 0.15) is 17.9 Å². The highest BCUT2D eigenvalue weighted by molar-refractivity contribution is 5.95. The van der Waals surface area contributed by atoms with Gasteiger partial charge in [-0.3, -0.25) is 29.6 Å². The smallest absolute Gasteiger partial charge is 0.242 e. The molecule has 1 aromatic heterocycles. The Labute approximate surface area is 274 Å². The summed E-state index contributed by atoms with van der Waals surface area (Å²) in [5.41, 5.74) is 12.7. The number of hydrogen-bond acceptors (Lipinski definition) is 7. The fourth-order valence-electron chi connectivity index (χ4n) is 4.72. The summed E-state index contributed by atoms with van der Waals surface area (Å²) in [5, 5.41) is 16.2. The van der Waals surface area contributed by atoms with E-state index < -0.39 is 23.9 Å². The number of aryl methyl sites for hydroxylation is 1. The van der Waals surface area contributed by atoms with Crippen LogP contribution in [0, 0.1) is 5.41 Å². The monoisotopic (exact) mass is 635 g/mol. The number of amides is 3. The van der Waals surface area contributed by atoms with Crippen molar-refractivity contribution in [3.05, 3.63) is 137 Å².